The second-order valence-corrected chi connectivity index (χ2v) is 8.89. The number of nitrogens with one attached hydrogen (secondary N) is 1. The van der Waals surface area contributed by atoms with Crippen LogP contribution in [0.1, 0.15) is 27.8 Å². The van der Waals surface area contributed by atoms with E-state index < -0.39 is 10.0 Å². The van der Waals surface area contributed by atoms with E-state index in [0.717, 1.165) is 33.5 Å². The van der Waals surface area contributed by atoms with Crippen molar-refractivity contribution in [2.24, 2.45) is 0 Å². The van der Waals surface area contributed by atoms with E-state index in [2.05, 4.69) is 4.72 Å². The molecule has 6 nitrogen and oxygen atoms in total. The van der Waals surface area contributed by atoms with Crippen molar-refractivity contribution in [1.82, 2.24) is 0 Å². The average Bonchev–Trinajstić information content (AvgIpc) is 3.03. The molecule has 0 saturated heterocycles. The molecular weight excluding hydrogens is 376 g/mol. The van der Waals surface area contributed by atoms with Crippen molar-refractivity contribution < 1.29 is 17.9 Å². The third-order valence-electron chi connectivity index (χ3n) is 5.36. The molecule has 0 spiro atoms. The molecule has 0 atom stereocenters. The number of aryl methyl sites for hydroxylation is 2. The molecule has 0 saturated carbocycles. The molecule has 0 bridgehead atoms. The molecule has 0 fully saturated rings. The van der Waals surface area contributed by atoms with Gasteiger partial charge < -0.3 is 9.64 Å². The van der Waals surface area contributed by atoms with Gasteiger partial charge in [0.2, 0.25) is 0 Å². The second-order valence-electron chi connectivity index (χ2n) is 7.27. The third-order valence-corrected chi connectivity index (χ3v) is 7.02. The molecule has 2 aromatic carbocycles. The Balaban J connectivity index is 1.93. The first-order valence-corrected chi connectivity index (χ1v) is 10.7. The van der Waals surface area contributed by atoms with Gasteiger partial charge in [0, 0.05) is 25.0 Å². The van der Waals surface area contributed by atoms with Crippen LogP contribution in [0.25, 0.3) is 0 Å². The van der Waals surface area contributed by atoms with Crippen LogP contribution in [0.4, 0.5) is 11.4 Å². The van der Waals surface area contributed by atoms with E-state index in [1.54, 1.807) is 23.1 Å². The van der Waals surface area contributed by atoms with Gasteiger partial charge >= 0.3 is 0 Å². The summed E-state index contributed by atoms with van der Waals surface area (Å²) in [6.07, 6.45) is 0.683. The molecule has 28 heavy (non-hydrogen) atoms. The van der Waals surface area contributed by atoms with Gasteiger partial charge in [0.05, 0.1) is 4.90 Å². The Morgan fingerprint density at radius 3 is 2.36 bits per heavy atom. The van der Waals surface area contributed by atoms with Crippen LogP contribution in [0, 0.1) is 27.7 Å². The predicted octanol–water partition coefficient (Wildman–Crippen LogP) is 3.26. The Hall–Kier alpha value is -2.38. The lowest BCUT2D eigenvalue weighted by molar-refractivity contribution is -0.122. The summed E-state index contributed by atoms with van der Waals surface area (Å²) >= 11 is 0. The number of rotatable bonds is 5. The predicted molar refractivity (Wildman–Crippen MR) is 111 cm³/mol. The van der Waals surface area contributed by atoms with E-state index in [1.807, 2.05) is 33.8 Å². The molecule has 2 aromatic rings. The highest BCUT2D eigenvalue weighted by molar-refractivity contribution is 7.92. The monoisotopic (exact) mass is 402 g/mol. The number of hydrogen-bond acceptors (Lipinski definition) is 4. The Morgan fingerprint density at radius 2 is 1.75 bits per heavy atom. The number of hydrogen-bond donors (Lipinski definition) is 1. The number of carbonyl (C=O) groups excluding carboxylic acids is 1. The molecule has 0 radical (unpaired) electrons. The molecule has 1 aliphatic rings. The molecule has 0 unspecified atom stereocenters. The smallest absolute Gasteiger partial charge is 0.262 e. The van der Waals surface area contributed by atoms with Crippen molar-refractivity contribution in [2.45, 2.75) is 39.0 Å². The molecule has 7 heteroatoms. The summed E-state index contributed by atoms with van der Waals surface area (Å²) in [5.41, 5.74) is 5.66. The first-order chi connectivity index (χ1) is 13.2. The molecular formula is C21H26N2O4S. The van der Waals surface area contributed by atoms with Gasteiger partial charge in [-0.15, -0.1) is 0 Å². The molecule has 1 aliphatic heterocycles. The van der Waals surface area contributed by atoms with Crippen LogP contribution in [0.3, 0.4) is 0 Å². The maximum atomic E-state index is 13.1. The van der Waals surface area contributed by atoms with Crippen LogP contribution in [-0.2, 0) is 26.0 Å². The molecule has 0 aromatic heterocycles. The van der Waals surface area contributed by atoms with Crippen LogP contribution < -0.4 is 9.62 Å². The van der Waals surface area contributed by atoms with Gasteiger partial charge in [-0.2, -0.15) is 0 Å². The number of amides is 1. The van der Waals surface area contributed by atoms with Gasteiger partial charge in [-0.1, -0.05) is 6.07 Å². The number of methoxy groups -OCH3 is 1. The van der Waals surface area contributed by atoms with Crippen molar-refractivity contribution >= 4 is 27.3 Å². The zero-order valence-corrected chi connectivity index (χ0v) is 17.7. The maximum absolute atomic E-state index is 13.1. The van der Waals surface area contributed by atoms with E-state index in [9.17, 15) is 13.2 Å². The molecule has 1 amide bonds. The summed E-state index contributed by atoms with van der Waals surface area (Å²) in [4.78, 5) is 14.1. The van der Waals surface area contributed by atoms with Gasteiger partial charge in [-0.3, -0.25) is 9.52 Å². The average molecular weight is 403 g/mol. The van der Waals surface area contributed by atoms with Crippen molar-refractivity contribution in [2.75, 3.05) is 29.9 Å². The van der Waals surface area contributed by atoms with E-state index in [0.29, 0.717) is 23.5 Å². The van der Waals surface area contributed by atoms with Gasteiger partial charge in [-0.05, 0) is 80.1 Å². The molecule has 1 N–H and O–H groups in total. The first kappa shape index (κ1) is 20.4. The highest BCUT2D eigenvalue weighted by Gasteiger charge is 2.26. The zero-order chi connectivity index (χ0) is 20.6. The Morgan fingerprint density at radius 1 is 1.11 bits per heavy atom. The van der Waals surface area contributed by atoms with Crippen LogP contribution >= 0.6 is 0 Å². The highest BCUT2D eigenvalue weighted by atomic mass is 32.2. The third kappa shape index (κ3) is 3.64. The lowest BCUT2D eigenvalue weighted by Gasteiger charge is -2.18. The highest BCUT2D eigenvalue weighted by Crippen LogP contribution is 2.32. The van der Waals surface area contributed by atoms with Crippen LogP contribution in [0.5, 0.6) is 0 Å². The quantitative estimate of drug-likeness (QED) is 0.833. The summed E-state index contributed by atoms with van der Waals surface area (Å²) < 4.78 is 33.9. The Labute approximate surface area is 166 Å². The maximum Gasteiger partial charge on any atom is 0.262 e. The molecule has 0 aliphatic carbocycles. The number of sulfonamides is 1. The van der Waals surface area contributed by atoms with Gasteiger partial charge in [0.25, 0.3) is 15.9 Å². The van der Waals surface area contributed by atoms with Crippen LogP contribution in [0.15, 0.2) is 29.2 Å². The summed E-state index contributed by atoms with van der Waals surface area (Å²) in [5, 5.41) is 0. The minimum atomic E-state index is -3.73. The topological polar surface area (TPSA) is 75.7 Å². The normalized spacial score (nSPS) is 13.5. The zero-order valence-electron chi connectivity index (χ0n) is 16.9. The standard InChI is InChI=1S/C21H26N2O4S/c1-13-10-14(2)16(4)21(15(13)3)28(25,26)22-18-6-7-19-17(11-18)8-9-23(19)20(24)12-27-5/h6-7,10-11,22H,8-9,12H2,1-5H3. The number of ether oxygens (including phenoxy) is 1. The molecule has 1 heterocycles. The number of nitrogens with zero attached hydrogens (tertiary/aromatic N) is 1. The van der Waals surface area contributed by atoms with Gasteiger partial charge in [0.1, 0.15) is 6.61 Å². The number of benzene rings is 2. The lowest BCUT2D eigenvalue weighted by Crippen LogP contribution is -2.31. The first-order valence-electron chi connectivity index (χ1n) is 9.18. The van der Waals surface area contributed by atoms with Crippen molar-refractivity contribution in [3.63, 3.8) is 0 Å². The van der Waals surface area contributed by atoms with Gasteiger partial charge in [-0.25, -0.2) is 8.42 Å². The van der Waals surface area contributed by atoms with E-state index in [1.165, 1.54) is 7.11 Å². The summed E-state index contributed by atoms with van der Waals surface area (Å²) in [6, 6.07) is 7.29. The Bertz CT molecular complexity index is 1020. The molecule has 150 valence electrons. The van der Waals surface area contributed by atoms with Crippen molar-refractivity contribution in [3.8, 4) is 0 Å². The summed E-state index contributed by atoms with van der Waals surface area (Å²) in [5.74, 6) is -0.101. The fraction of sp³-hybridized carbons (Fsp3) is 0.381. The van der Waals surface area contributed by atoms with Crippen molar-refractivity contribution in [1.29, 1.82) is 0 Å². The Kier molecular flexibility index (Phi) is 5.50. The summed E-state index contributed by atoms with van der Waals surface area (Å²) in [6.45, 7) is 8.10. The molecule has 3 rings (SSSR count). The minimum Gasteiger partial charge on any atom is -0.375 e. The SMILES string of the molecule is COCC(=O)N1CCc2cc(NS(=O)(=O)c3c(C)c(C)cc(C)c3C)ccc21. The number of carbonyl (C=O) groups is 1. The lowest BCUT2D eigenvalue weighted by atomic mass is 10.0. The van der Waals surface area contributed by atoms with Crippen LogP contribution in [-0.4, -0.2) is 34.6 Å². The van der Waals surface area contributed by atoms with Crippen molar-refractivity contribution in [3.05, 3.63) is 52.1 Å². The number of fused-ring (bicyclic) bond motifs is 1. The number of anilines is 2. The van der Waals surface area contributed by atoms with E-state index >= 15 is 0 Å². The largest absolute Gasteiger partial charge is 0.375 e. The fourth-order valence-electron chi connectivity index (χ4n) is 3.72. The fourth-order valence-corrected chi connectivity index (χ4v) is 5.38. The second kappa shape index (κ2) is 7.56. The minimum absolute atomic E-state index is 0.0269. The summed E-state index contributed by atoms with van der Waals surface area (Å²) in [7, 11) is -2.24. The van der Waals surface area contributed by atoms with Gasteiger partial charge in [0.15, 0.2) is 0 Å². The van der Waals surface area contributed by atoms with E-state index in [-0.39, 0.29) is 12.5 Å². The van der Waals surface area contributed by atoms with E-state index in [4.69, 9.17) is 4.74 Å². The van der Waals surface area contributed by atoms with Crippen LogP contribution in [0.2, 0.25) is 0 Å².